The summed E-state index contributed by atoms with van der Waals surface area (Å²) in [6, 6.07) is 14.5. The molecule has 0 aliphatic rings. The van der Waals surface area contributed by atoms with E-state index in [1.54, 1.807) is 24.4 Å². The lowest BCUT2D eigenvalue weighted by Gasteiger charge is -2.10. The quantitative estimate of drug-likeness (QED) is 0.440. The van der Waals surface area contributed by atoms with E-state index >= 15 is 0 Å². The van der Waals surface area contributed by atoms with E-state index in [1.807, 2.05) is 24.3 Å². The van der Waals surface area contributed by atoms with Crippen molar-refractivity contribution in [2.45, 2.75) is 0 Å². The molecule has 162 valence electrons. The molecule has 8 nitrogen and oxygen atoms in total. The number of methoxy groups -OCH3 is 2. The highest BCUT2D eigenvalue weighted by Gasteiger charge is 2.19. The Hall–Kier alpha value is -4.42. The minimum atomic E-state index is -0.567. The molecule has 33 heavy (non-hydrogen) atoms. The molecule has 9 heteroatoms. The van der Waals surface area contributed by atoms with Gasteiger partial charge in [0.25, 0.3) is 5.56 Å². The van der Waals surface area contributed by atoms with Crippen molar-refractivity contribution < 1.29 is 9.47 Å². The zero-order valence-corrected chi connectivity index (χ0v) is 18.4. The first-order valence-corrected chi connectivity index (χ1v) is 10.7. The van der Waals surface area contributed by atoms with Crippen LogP contribution in [-0.4, -0.2) is 28.8 Å². The Kier molecular flexibility index (Phi) is 4.92. The van der Waals surface area contributed by atoms with Gasteiger partial charge in [0.05, 0.1) is 43.3 Å². The Balaban J connectivity index is 1.77. The summed E-state index contributed by atoms with van der Waals surface area (Å²) in [4.78, 5) is 34.0. The molecule has 0 atom stereocenters. The average Bonchev–Trinajstić information content (AvgIpc) is 3.27. The minimum Gasteiger partial charge on any atom is -0.493 e. The highest BCUT2D eigenvalue weighted by Crippen LogP contribution is 2.39. The lowest BCUT2D eigenvalue weighted by molar-refractivity contribution is 0.355. The minimum absolute atomic E-state index is 0.358. The Morgan fingerprint density at radius 1 is 1.06 bits per heavy atom. The van der Waals surface area contributed by atoms with Gasteiger partial charge in [-0.2, -0.15) is 5.26 Å². The van der Waals surface area contributed by atoms with Gasteiger partial charge in [0.15, 0.2) is 11.5 Å². The maximum atomic E-state index is 13.4. The summed E-state index contributed by atoms with van der Waals surface area (Å²) < 4.78 is 12.1. The number of ether oxygens (including phenoxy) is 2. The van der Waals surface area contributed by atoms with E-state index in [1.165, 1.54) is 31.8 Å². The van der Waals surface area contributed by atoms with Gasteiger partial charge in [0.2, 0.25) is 0 Å². The predicted molar refractivity (Wildman–Crippen MR) is 127 cm³/mol. The molecule has 0 amide bonds. The Bertz CT molecular complexity index is 1700. The summed E-state index contributed by atoms with van der Waals surface area (Å²) in [5, 5.41) is 11.2. The number of hydrogen-bond acceptors (Lipinski definition) is 7. The van der Waals surface area contributed by atoms with Crippen molar-refractivity contribution in [3.05, 3.63) is 81.3 Å². The van der Waals surface area contributed by atoms with Crippen LogP contribution >= 0.6 is 11.3 Å². The predicted octanol–water partition coefficient (Wildman–Crippen LogP) is 3.84. The van der Waals surface area contributed by atoms with Gasteiger partial charge in [-0.1, -0.05) is 24.3 Å². The second kappa shape index (κ2) is 7.93. The van der Waals surface area contributed by atoms with Gasteiger partial charge in [-0.25, -0.2) is 9.36 Å². The number of pyridine rings is 1. The van der Waals surface area contributed by atoms with Gasteiger partial charge in [0.1, 0.15) is 4.70 Å². The first-order chi connectivity index (χ1) is 16.0. The highest BCUT2D eigenvalue weighted by atomic mass is 32.1. The molecule has 3 heterocycles. The number of benzene rings is 2. The van der Waals surface area contributed by atoms with Gasteiger partial charge in [-0.05, 0) is 12.1 Å². The zero-order valence-electron chi connectivity index (χ0n) is 17.6. The number of aromatic amines is 1. The Morgan fingerprint density at radius 3 is 2.58 bits per heavy atom. The van der Waals surface area contributed by atoms with E-state index in [4.69, 9.17) is 9.47 Å². The lowest BCUT2D eigenvalue weighted by Crippen LogP contribution is -2.33. The maximum absolute atomic E-state index is 13.4. The van der Waals surface area contributed by atoms with Crippen LogP contribution in [0, 0.1) is 11.3 Å². The smallest absolute Gasteiger partial charge is 0.333 e. The fourth-order valence-electron chi connectivity index (χ4n) is 3.81. The van der Waals surface area contributed by atoms with Crippen LogP contribution in [0.25, 0.3) is 37.1 Å². The van der Waals surface area contributed by atoms with Crippen molar-refractivity contribution in [1.82, 2.24) is 14.5 Å². The van der Waals surface area contributed by atoms with E-state index in [9.17, 15) is 14.9 Å². The molecule has 1 N–H and O–H groups in total. The van der Waals surface area contributed by atoms with E-state index in [2.05, 4.69) is 16.0 Å². The number of thiophene rings is 1. The van der Waals surface area contributed by atoms with Crippen LogP contribution in [0.1, 0.15) is 5.56 Å². The number of H-pyrrole nitrogens is 1. The molecule has 0 unspecified atom stereocenters. The molecule has 0 aliphatic carbocycles. The Morgan fingerprint density at radius 2 is 1.82 bits per heavy atom. The largest absolute Gasteiger partial charge is 0.493 e. The molecule has 5 rings (SSSR count). The van der Waals surface area contributed by atoms with Crippen LogP contribution in [-0.2, 0) is 0 Å². The fraction of sp³-hybridized carbons (Fsp3) is 0.0833. The topological polar surface area (TPSA) is 110 Å². The second-order valence-electron chi connectivity index (χ2n) is 7.17. The second-order valence-corrected chi connectivity index (χ2v) is 8.22. The first kappa shape index (κ1) is 20.5. The summed E-state index contributed by atoms with van der Waals surface area (Å²) >= 11 is 1.19. The van der Waals surface area contributed by atoms with Crippen molar-refractivity contribution >= 4 is 32.3 Å². The number of aromatic nitrogens is 3. The molecule has 0 saturated carbocycles. The first-order valence-electron chi connectivity index (χ1n) is 9.84. The molecule has 0 bridgehead atoms. The van der Waals surface area contributed by atoms with E-state index in [-0.39, 0.29) is 0 Å². The molecule has 0 saturated heterocycles. The van der Waals surface area contributed by atoms with Crippen LogP contribution in [0.4, 0.5) is 0 Å². The van der Waals surface area contributed by atoms with Crippen molar-refractivity contribution in [3.8, 4) is 33.7 Å². The number of rotatable bonds is 4. The lowest BCUT2D eigenvalue weighted by atomic mass is 10.1. The summed E-state index contributed by atoms with van der Waals surface area (Å²) in [5.41, 5.74) is 0.716. The van der Waals surface area contributed by atoms with E-state index in [0.29, 0.717) is 43.4 Å². The highest BCUT2D eigenvalue weighted by molar-refractivity contribution is 7.22. The van der Waals surface area contributed by atoms with Crippen LogP contribution < -0.4 is 20.7 Å². The number of fused-ring (bicyclic) bond motifs is 2. The molecule has 5 aromatic rings. The van der Waals surface area contributed by atoms with Gasteiger partial charge >= 0.3 is 5.69 Å². The van der Waals surface area contributed by atoms with Crippen LogP contribution in [0.3, 0.4) is 0 Å². The standard InChI is InChI=1S/C24H16N4O4S/c1-31-19-7-14(10-25)16(8-20(19)32-2)21-9-17-22(33-21)23(29)28(24(30)27-17)18-12-26-11-13-5-3-4-6-15(13)18/h3-9,11-12H,1-2H3,(H,27,30). The average molecular weight is 456 g/mol. The van der Waals surface area contributed by atoms with Gasteiger partial charge in [-0.15, -0.1) is 11.3 Å². The molecule has 0 aliphatic heterocycles. The molecule has 0 radical (unpaired) electrons. The molecular formula is C24H16N4O4S. The zero-order chi connectivity index (χ0) is 23.1. The summed E-state index contributed by atoms with van der Waals surface area (Å²) in [6.45, 7) is 0. The molecule has 0 spiro atoms. The number of nitriles is 1. The van der Waals surface area contributed by atoms with Gasteiger partial charge < -0.3 is 14.5 Å². The number of nitrogens with zero attached hydrogens (tertiary/aromatic N) is 3. The fourth-order valence-corrected chi connectivity index (χ4v) is 4.89. The SMILES string of the molecule is COc1cc(C#N)c(-c2cc3[nH]c(=O)n(-c4cncc5ccccc45)c(=O)c3s2)cc1OC. The summed E-state index contributed by atoms with van der Waals surface area (Å²) in [6.07, 6.45) is 3.18. The summed E-state index contributed by atoms with van der Waals surface area (Å²) in [5.74, 6) is 0.884. The van der Waals surface area contributed by atoms with E-state index in [0.717, 1.165) is 15.3 Å². The van der Waals surface area contributed by atoms with Gasteiger partial charge in [-0.3, -0.25) is 9.78 Å². The van der Waals surface area contributed by atoms with Crippen molar-refractivity contribution in [2.24, 2.45) is 0 Å². The summed E-state index contributed by atoms with van der Waals surface area (Å²) in [7, 11) is 3.00. The maximum Gasteiger partial charge on any atom is 0.333 e. The third-order valence-electron chi connectivity index (χ3n) is 5.37. The van der Waals surface area contributed by atoms with Crippen LogP contribution in [0.5, 0.6) is 11.5 Å². The monoisotopic (exact) mass is 456 g/mol. The molecular weight excluding hydrogens is 440 g/mol. The normalized spacial score (nSPS) is 10.9. The van der Waals surface area contributed by atoms with Crippen molar-refractivity contribution in [2.75, 3.05) is 14.2 Å². The van der Waals surface area contributed by atoms with E-state index < -0.39 is 11.2 Å². The third-order valence-corrected chi connectivity index (χ3v) is 6.53. The Labute approximate surface area is 190 Å². The van der Waals surface area contributed by atoms with Gasteiger partial charge in [0, 0.05) is 33.5 Å². The molecule has 3 aromatic heterocycles. The number of hydrogen-bond donors (Lipinski definition) is 1. The number of nitrogens with one attached hydrogen (secondary N) is 1. The molecule has 0 fully saturated rings. The molecule has 2 aromatic carbocycles. The van der Waals surface area contributed by atoms with Crippen LogP contribution in [0.2, 0.25) is 0 Å². The third kappa shape index (κ3) is 3.24. The van der Waals surface area contributed by atoms with Crippen molar-refractivity contribution in [3.63, 3.8) is 0 Å². The van der Waals surface area contributed by atoms with Crippen molar-refractivity contribution in [1.29, 1.82) is 5.26 Å². The van der Waals surface area contributed by atoms with Crippen LogP contribution in [0.15, 0.2) is 64.4 Å².